The van der Waals surface area contributed by atoms with E-state index >= 15 is 0 Å². The van der Waals surface area contributed by atoms with Crippen molar-refractivity contribution in [2.24, 2.45) is 0 Å². The van der Waals surface area contributed by atoms with Crippen molar-refractivity contribution in [3.05, 3.63) is 29.8 Å². The molecule has 4 heteroatoms. The van der Waals surface area contributed by atoms with Crippen molar-refractivity contribution >= 4 is 11.7 Å². The molecule has 0 spiro atoms. The highest BCUT2D eigenvalue weighted by Crippen LogP contribution is 2.17. The average molecular weight is 291 g/mol. The van der Waals surface area contributed by atoms with E-state index in [1.54, 1.807) is 4.90 Å². The summed E-state index contributed by atoms with van der Waals surface area (Å²) < 4.78 is 0. The second-order valence-electron chi connectivity index (χ2n) is 5.51. The molecule has 21 heavy (non-hydrogen) atoms. The second kappa shape index (κ2) is 9.40. The largest absolute Gasteiger partial charge is 0.328 e. The Balaban J connectivity index is 2.61. The number of amides is 2. The summed E-state index contributed by atoms with van der Waals surface area (Å²) in [4.78, 5) is 13.8. The summed E-state index contributed by atoms with van der Waals surface area (Å²) in [5, 5.41) is 6.42. The molecule has 0 aliphatic heterocycles. The summed E-state index contributed by atoms with van der Waals surface area (Å²) in [5.74, 6) is 0. The molecular formula is C17H29N3O. The molecule has 1 atom stereocenters. The number of benzene rings is 1. The van der Waals surface area contributed by atoms with E-state index < -0.39 is 0 Å². The van der Waals surface area contributed by atoms with Crippen LogP contribution in [0.1, 0.15) is 51.6 Å². The smallest absolute Gasteiger partial charge is 0.321 e. The van der Waals surface area contributed by atoms with E-state index in [0.29, 0.717) is 6.04 Å². The number of rotatable bonds is 8. The lowest BCUT2D eigenvalue weighted by molar-refractivity contribution is 0.222. The zero-order valence-corrected chi connectivity index (χ0v) is 13.8. The Labute approximate surface area is 128 Å². The first-order valence-corrected chi connectivity index (χ1v) is 7.94. The Bertz CT molecular complexity index is 434. The van der Waals surface area contributed by atoms with Crippen molar-refractivity contribution in [3.8, 4) is 0 Å². The molecule has 0 saturated carbocycles. The summed E-state index contributed by atoms with van der Waals surface area (Å²) in [6.07, 6.45) is 3.23. The maximum atomic E-state index is 12.1. The van der Waals surface area contributed by atoms with Gasteiger partial charge in [-0.15, -0.1) is 0 Å². The van der Waals surface area contributed by atoms with E-state index in [0.717, 1.165) is 38.0 Å². The molecule has 0 aromatic heterocycles. The van der Waals surface area contributed by atoms with Gasteiger partial charge in [-0.25, -0.2) is 4.79 Å². The highest BCUT2D eigenvalue weighted by Gasteiger charge is 2.09. The summed E-state index contributed by atoms with van der Waals surface area (Å²) >= 11 is 0. The quantitative estimate of drug-likeness (QED) is 0.760. The van der Waals surface area contributed by atoms with Crippen LogP contribution in [-0.4, -0.2) is 31.1 Å². The van der Waals surface area contributed by atoms with Gasteiger partial charge in [-0.2, -0.15) is 0 Å². The molecule has 0 aliphatic carbocycles. The average Bonchev–Trinajstić information content (AvgIpc) is 2.50. The molecule has 0 heterocycles. The molecule has 0 saturated heterocycles. The highest BCUT2D eigenvalue weighted by atomic mass is 16.2. The van der Waals surface area contributed by atoms with Gasteiger partial charge in [0.25, 0.3) is 0 Å². The van der Waals surface area contributed by atoms with Gasteiger partial charge in [-0.1, -0.05) is 32.4 Å². The first-order valence-electron chi connectivity index (χ1n) is 7.94. The van der Waals surface area contributed by atoms with Crippen LogP contribution in [0.25, 0.3) is 0 Å². The molecule has 4 nitrogen and oxygen atoms in total. The summed E-state index contributed by atoms with van der Waals surface area (Å²) in [7, 11) is 1.83. The second-order valence-corrected chi connectivity index (χ2v) is 5.51. The molecular weight excluding hydrogens is 262 g/mol. The zero-order chi connectivity index (χ0) is 15.7. The Morgan fingerprint density at radius 2 is 2.05 bits per heavy atom. The molecule has 0 aliphatic rings. The topological polar surface area (TPSA) is 44.4 Å². The molecule has 0 fully saturated rings. The van der Waals surface area contributed by atoms with Gasteiger partial charge in [0, 0.05) is 25.3 Å². The monoisotopic (exact) mass is 291 g/mol. The Hall–Kier alpha value is -1.55. The number of urea groups is 1. The lowest BCUT2D eigenvalue weighted by Gasteiger charge is -2.19. The van der Waals surface area contributed by atoms with Gasteiger partial charge in [0.15, 0.2) is 0 Å². The minimum absolute atomic E-state index is 0.0465. The third-order valence-electron chi connectivity index (χ3n) is 3.53. The van der Waals surface area contributed by atoms with E-state index in [9.17, 15) is 4.79 Å². The van der Waals surface area contributed by atoms with E-state index in [2.05, 4.69) is 37.5 Å². The van der Waals surface area contributed by atoms with Crippen LogP contribution in [0.3, 0.4) is 0 Å². The lowest BCUT2D eigenvalue weighted by atomic mass is 10.1. The fourth-order valence-electron chi connectivity index (χ4n) is 2.08. The van der Waals surface area contributed by atoms with Gasteiger partial charge in [0.05, 0.1) is 0 Å². The Kier molecular flexibility index (Phi) is 7.83. The predicted molar refractivity (Wildman–Crippen MR) is 89.7 cm³/mol. The fraction of sp³-hybridized carbons (Fsp3) is 0.588. The number of hydrogen-bond donors (Lipinski definition) is 2. The van der Waals surface area contributed by atoms with E-state index in [1.807, 2.05) is 25.2 Å². The molecule has 1 aromatic carbocycles. The van der Waals surface area contributed by atoms with Crippen LogP contribution >= 0.6 is 0 Å². The molecule has 2 N–H and O–H groups in total. The van der Waals surface area contributed by atoms with E-state index in [1.165, 1.54) is 5.56 Å². The minimum atomic E-state index is -0.0465. The van der Waals surface area contributed by atoms with Crippen molar-refractivity contribution in [2.45, 2.75) is 46.1 Å². The van der Waals surface area contributed by atoms with Gasteiger partial charge in [0.1, 0.15) is 0 Å². The molecule has 2 amide bonds. The standard InChI is InChI=1S/C17H29N3O/c1-5-7-12-20(4)17(21)19-16-10-8-9-15(13-16)14(3)18-11-6-2/h8-10,13-14,18H,5-7,11-12H2,1-4H3,(H,19,21). The number of carbonyl (C=O) groups is 1. The van der Waals surface area contributed by atoms with Crippen molar-refractivity contribution in [2.75, 3.05) is 25.5 Å². The Morgan fingerprint density at radius 1 is 1.29 bits per heavy atom. The maximum Gasteiger partial charge on any atom is 0.321 e. The summed E-state index contributed by atoms with van der Waals surface area (Å²) in [6, 6.07) is 8.29. The molecule has 1 unspecified atom stereocenters. The van der Waals surface area contributed by atoms with Crippen LogP contribution in [0.15, 0.2) is 24.3 Å². The third kappa shape index (κ3) is 6.17. The van der Waals surface area contributed by atoms with Crippen molar-refractivity contribution < 1.29 is 4.79 Å². The van der Waals surface area contributed by atoms with Crippen molar-refractivity contribution in [3.63, 3.8) is 0 Å². The van der Waals surface area contributed by atoms with Crippen LogP contribution in [-0.2, 0) is 0 Å². The number of nitrogens with zero attached hydrogens (tertiary/aromatic N) is 1. The molecule has 1 rings (SSSR count). The van der Waals surface area contributed by atoms with Gasteiger partial charge in [0.2, 0.25) is 0 Å². The highest BCUT2D eigenvalue weighted by molar-refractivity contribution is 5.89. The molecule has 1 aromatic rings. The molecule has 118 valence electrons. The number of carbonyl (C=O) groups excluding carboxylic acids is 1. The Morgan fingerprint density at radius 3 is 2.71 bits per heavy atom. The zero-order valence-electron chi connectivity index (χ0n) is 13.8. The first kappa shape index (κ1) is 17.5. The van der Waals surface area contributed by atoms with Crippen LogP contribution in [0, 0.1) is 0 Å². The van der Waals surface area contributed by atoms with Crippen LogP contribution in [0.2, 0.25) is 0 Å². The van der Waals surface area contributed by atoms with Crippen molar-refractivity contribution in [1.82, 2.24) is 10.2 Å². The van der Waals surface area contributed by atoms with Gasteiger partial charge in [-0.3, -0.25) is 0 Å². The predicted octanol–water partition coefficient (Wildman–Crippen LogP) is 4.01. The summed E-state index contributed by atoms with van der Waals surface area (Å²) in [5.41, 5.74) is 2.04. The van der Waals surface area contributed by atoms with Crippen LogP contribution in [0.4, 0.5) is 10.5 Å². The maximum absolute atomic E-state index is 12.1. The SMILES string of the molecule is CCCCN(C)C(=O)Nc1cccc(C(C)NCCC)c1. The number of anilines is 1. The van der Waals surface area contributed by atoms with Gasteiger partial charge >= 0.3 is 6.03 Å². The first-order chi connectivity index (χ1) is 10.1. The van der Waals surface area contributed by atoms with Gasteiger partial charge < -0.3 is 15.5 Å². The fourth-order valence-corrected chi connectivity index (χ4v) is 2.08. The summed E-state index contributed by atoms with van der Waals surface area (Å²) in [6.45, 7) is 8.21. The molecule has 0 bridgehead atoms. The number of hydrogen-bond acceptors (Lipinski definition) is 2. The van der Waals surface area contributed by atoms with Gasteiger partial charge in [-0.05, 0) is 44.0 Å². The normalized spacial score (nSPS) is 12.0. The van der Waals surface area contributed by atoms with Crippen LogP contribution < -0.4 is 10.6 Å². The van der Waals surface area contributed by atoms with E-state index in [4.69, 9.17) is 0 Å². The molecule has 0 radical (unpaired) electrons. The van der Waals surface area contributed by atoms with Crippen LogP contribution in [0.5, 0.6) is 0 Å². The van der Waals surface area contributed by atoms with Crippen molar-refractivity contribution in [1.29, 1.82) is 0 Å². The minimum Gasteiger partial charge on any atom is -0.328 e. The van der Waals surface area contributed by atoms with E-state index in [-0.39, 0.29) is 6.03 Å². The lowest BCUT2D eigenvalue weighted by Crippen LogP contribution is -2.32. The number of unbranched alkanes of at least 4 members (excludes halogenated alkanes) is 1. The third-order valence-corrected chi connectivity index (χ3v) is 3.53. The number of nitrogens with one attached hydrogen (secondary N) is 2.